The van der Waals surface area contributed by atoms with Gasteiger partial charge >= 0.3 is 0 Å². The average Bonchev–Trinajstić information content (AvgIpc) is 2.51. The first-order chi connectivity index (χ1) is 10.9. The van der Waals surface area contributed by atoms with Crippen LogP contribution in [0.2, 0.25) is 0 Å². The normalized spacial score (nSPS) is 22.7. The van der Waals surface area contributed by atoms with Gasteiger partial charge in [-0.3, -0.25) is 4.79 Å². The van der Waals surface area contributed by atoms with Crippen LogP contribution in [0.3, 0.4) is 0 Å². The number of hydrogen-bond acceptors (Lipinski definition) is 3. The number of rotatable bonds is 5. The van der Waals surface area contributed by atoms with Gasteiger partial charge in [0.05, 0.1) is 12.6 Å². The van der Waals surface area contributed by atoms with Crippen molar-refractivity contribution in [3.8, 4) is 0 Å². The molecule has 128 valence electrons. The Hall–Kier alpha value is -1.60. The Morgan fingerprint density at radius 2 is 1.70 bits per heavy atom. The van der Waals surface area contributed by atoms with Crippen LogP contribution < -0.4 is 10.6 Å². The van der Waals surface area contributed by atoms with E-state index in [1.807, 2.05) is 0 Å². The fraction of sp³-hybridized carbons (Fsp3) is 0.562. The van der Waals surface area contributed by atoms with Gasteiger partial charge in [0.15, 0.2) is 17.5 Å². The Morgan fingerprint density at radius 1 is 1.17 bits per heavy atom. The lowest BCUT2D eigenvalue weighted by Crippen LogP contribution is -2.43. The van der Waals surface area contributed by atoms with Gasteiger partial charge in [-0.05, 0) is 43.4 Å². The van der Waals surface area contributed by atoms with E-state index < -0.39 is 23.5 Å². The number of halogens is 3. The Morgan fingerprint density at radius 3 is 2.17 bits per heavy atom. The molecule has 23 heavy (non-hydrogen) atoms. The van der Waals surface area contributed by atoms with Crippen LogP contribution in [0.25, 0.3) is 0 Å². The molecule has 0 spiro atoms. The summed E-state index contributed by atoms with van der Waals surface area (Å²) in [7, 11) is 0. The van der Waals surface area contributed by atoms with Crippen molar-refractivity contribution in [2.24, 2.45) is 0 Å². The summed E-state index contributed by atoms with van der Waals surface area (Å²) in [6.45, 7) is 1.12. The van der Waals surface area contributed by atoms with Crippen molar-refractivity contribution >= 4 is 5.91 Å². The molecule has 0 radical (unpaired) electrons. The lowest BCUT2D eigenvalue weighted by atomic mass is 9.90. The zero-order valence-electron chi connectivity index (χ0n) is 12.9. The highest BCUT2D eigenvalue weighted by atomic mass is 19.2. The van der Waals surface area contributed by atoms with E-state index in [1.165, 1.54) is 6.92 Å². The van der Waals surface area contributed by atoms with Crippen molar-refractivity contribution in [1.82, 2.24) is 10.6 Å². The van der Waals surface area contributed by atoms with Crippen molar-refractivity contribution in [2.45, 2.75) is 50.7 Å². The maximum atomic E-state index is 13.3. The number of nitrogens with one attached hydrogen (secondary N) is 2. The first kappa shape index (κ1) is 17.7. The van der Waals surface area contributed by atoms with Gasteiger partial charge < -0.3 is 15.7 Å². The molecule has 0 aliphatic heterocycles. The number of amides is 1. The molecular formula is C16H21F3N2O2. The zero-order valence-corrected chi connectivity index (χ0v) is 12.9. The molecule has 0 unspecified atom stereocenters. The minimum Gasteiger partial charge on any atom is -0.394 e. The largest absolute Gasteiger partial charge is 0.394 e. The predicted molar refractivity (Wildman–Crippen MR) is 79.1 cm³/mol. The molecule has 4 nitrogen and oxygen atoms in total. The van der Waals surface area contributed by atoms with E-state index in [2.05, 4.69) is 10.6 Å². The standard InChI is InChI=1S/C16H21F3N2O2/c1-9(23)20-11-2-4-12(5-3-11)21-15(8-22)10-6-13(17)16(19)14(18)7-10/h6-7,11-12,15,21-22H,2-5,8H2,1H3,(H,20,23)/t11?,12?,15-/m0/s1. The lowest BCUT2D eigenvalue weighted by molar-refractivity contribution is -0.119. The van der Waals surface area contributed by atoms with Crippen LogP contribution >= 0.6 is 0 Å². The van der Waals surface area contributed by atoms with Gasteiger partial charge in [-0.1, -0.05) is 0 Å². The second kappa shape index (κ2) is 7.79. The summed E-state index contributed by atoms with van der Waals surface area (Å²) >= 11 is 0. The summed E-state index contributed by atoms with van der Waals surface area (Å²) < 4.78 is 39.7. The van der Waals surface area contributed by atoms with Crippen LogP contribution in [0, 0.1) is 17.5 Å². The third-order valence-corrected chi connectivity index (χ3v) is 4.16. The molecule has 1 aromatic carbocycles. The highest BCUT2D eigenvalue weighted by molar-refractivity contribution is 5.73. The summed E-state index contributed by atoms with van der Waals surface area (Å²) in [5, 5.41) is 15.5. The fourth-order valence-corrected chi connectivity index (χ4v) is 3.01. The minimum absolute atomic E-state index is 0.0630. The Labute approximate surface area is 133 Å². The topological polar surface area (TPSA) is 61.4 Å². The van der Waals surface area contributed by atoms with E-state index in [0.29, 0.717) is 0 Å². The second-order valence-corrected chi connectivity index (χ2v) is 5.95. The molecule has 2 rings (SSSR count). The van der Waals surface area contributed by atoms with Crippen molar-refractivity contribution in [3.05, 3.63) is 35.1 Å². The quantitative estimate of drug-likeness (QED) is 0.725. The Kier molecular flexibility index (Phi) is 6.01. The summed E-state index contributed by atoms with van der Waals surface area (Å²) in [6.07, 6.45) is 3.13. The molecule has 0 heterocycles. The molecule has 0 aromatic heterocycles. The van der Waals surface area contributed by atoms with E-state index in [0.717, 1.165) is 37.8 Å². The lowest BCUT2D eigenvalue weighted by Gasteiger charge is -2.32. The van der Waals surface area contributed by atoms with Gasteiger partial charge in [0.1, 0.15) is 0 Å². The summed E-state index contributed by atoms with van der Waals surface area (Å²) in [4.78, 5) is 11.0. The third-order valence-electron chi connectivity index (χ3n) is 4.16. The molecule has 0 saturated heterocycles. The number of carbonyl (C=O) groups is 1. The molecule has 3 N–H and O–H groups in total. The molecule has 1 aliphatic carbocycles. The van der Waals surface area contributed by atoms with Gasteiger partial charge in [-0.25, -0.2) is 13.2 Å². The molecule has 0 bridgehead atoms. The van der Waals surface area contributed by atoms with Gasteiger partial charge in [0, 0.05) is 19.0 Å². The second-order valence-electron chi connectivity index (χ2n) is 5.95. The van der Waals surface area contributed by atoms with Crippen LogP contribution in [0.1, 0.15) is 44.2 Å². The summed E-state index contributed by atoms with van der Waals surface area (Å²) in [5.74, 6) is -4.11. The van der Waals surface area contributed by atoms with E-state index in [4.69, 9.17) is 0 Å². The highest BCUT2D eigenvalue weighted by Crippen LogP contribution is 2.24. The summed E-state index contributed by atoms with van der Waals surface area (Å²) in [6, 6.07) is 1.33. The van der Waals surface area contributed by atoms with Crippen LogP contribution in [-0.4, -0.2) is 29.7 Å². The monoisotopic (exact) mass is 330 g/mol. The Bertz CT molecular complexity index is 537. The summed E-state index contributed by atoms with van der Waals surface area (Å²) in [5.41, 5.74) is 0.174. The zero-order chi connectivity index (χ0) is 17.0. The highest BCUT2D eigenvalue weighted by Gasteiger charge is 2.25. The fourth-order valence-electron chi connectivity index (χ4n) is 3.01. The maximum Gasteiger partial charge on any atom is 0.217 e. The van der Waals surface area contributed by atoms with Crippen LogP contribution in [0.15, 0.2) is 12.1 Å². The maximum absolute atomic E-state index is 13.3. The van der Waals surface area contributed by atoms with Crippen LogP contribution in [0.5, 0.6) is 0 Å². The van der Waals surface area contributed by atoms with Crippen LogP contribution in [-0.2, 0) is 4.79 Å². The smallest absolute Gasteiger partial charge is 0.217 e. The first-order valence-corrected chi connectivity index (χ1v) is 7.69. The van der Waals surface area contributed by atoms with E-state index in [9.17, 15) is 23.1 Å². The molecule has 1 saturated carbocycles. The number of carbonyl (C=O) groups excluding carboxylic acids is 1. The van der Waals surface area contributed by atoms with Crippen molar-refractivity contribution in [3.63, 3.8) is 0 Å². The van der Waals surface area contributed by atoms with Gasteiger partial charge in [-0.2, -0.15) is 0 Å². The molecule has 1 amide bonds. The van der Waals surface area contributed by atoms with Crippen molar-refractivity contribution < 1.29 is 23.1 Å². The molecule has 1 atom stereocenters. The number of aliphatic hydroxyl groups excluding tert-OH is 1. The van der Waals surface area contributed by atoms with Gasteiger partial charge in [-0.15, -0.1) is 0 Å². The molecule has 1 aliphatic rings. The molecule has 1 aromatic rings. The number of benzene rings is 1. The predicted octanol–water partition coefficient (Wildman–Crippen LogP) is 2.17. The van der Waals surface area contributed by atoms with Crippen LogP contribution in [0.4, 0.5) is 13.2 Å². The number of hydrogen-bond donors (Lipinski definition) is 3. The molecule has 1 fully saturated rings. The van der Waals surface area contributed by atoms with Gasteiger partial charge in [0.2, 0.25) is 5.91 Å². The number of aliphatic hydroxyl groups is 1. The van der Waals surface area contributed by atoms with E-state index in [1.54, 1.807) is 0 Å². The molecule has 7 heteroatoms. The average molecular weight is 330 g/mol. The first-order valence-electron chi connectivity index (χ1n) is 7.69. The van der Waals surface area contributed by atoms with E-state index >= 15 is 0 Å². The Balaban J connectivity index is 1.97. The third kappa shape index (κ3) is 4.68. The van der Waals surface area contributed by atoms with Gasteiger partial charge in [0.25, 0.3) is 0 Å². The van der Waals surface area contributed by atoms with Crippen molar-refractivity contribution in [2.75, 3.05) is 6.61 Å². The van der Waals surface area contributed by atoms with Crippen molar-refractivity contribution in [1.29, 1.82) is 0 Å². The minimum atomic E-state index is -1.51. The van der Waals surface area contributed by atoms with E-state index in [-0.39, 0.29) is 30.2 Å². The molecular weight excluding hydrogens is 309 g/mol. The SMILES string of the molecule is CC(=O)NC1CCC(N[C@@H](CO)c2cc(F)c(F)c(F)c2)CC1.